The molecule has 0 atom stereocenters. The second-order valence-electron chi connectivity index (χ2n) is 1.54. The number of aromatic nitrogens is 2. The fraction of sp³-hybridized carbons (Fsp3) is 0.333. The number of carbonyl (C=O) groups is 1. The topological polar surface area (TPSA) is 89.9 Å². The first-order chi connectivity index (χ1) is 4.13. The molecule has 1 heterocycles. The molecule has 1 aromatic rings. The van der Waals surface area contributed by atoms with Gasteiger partial charge < -0.3 is 5.84 Å². The van der Waals surface area contributed by atoms with Crippen LogP contribution in [0.4, 0.5) is 0 Å². The van der Waals surface area contributed by atoms with Crippen molar-refractivity contribution >= 4 is 5.91 Å². The Morgan fingerprint density at radius 1 is 1.89 bits per heavy atom. The second-order valence-corrected chi connectivity index (χ2v) is 1.54. The first-order valence-corrected chi connectivity index (χ1v) is 2.25. The summed E-state index contributed by atoms with van der Waals surface area (Å²) in [7, 11) is 0. The molecule has 0 unspecified atom stereocenters. The quantitative estimate of drug-likeness (QED) is 0.429. The average molecular weight is 130 g/mol. The molecule has 0 amide bonds. The van der Waals surface area contributed by atoms with Crippen molar-refractivity contribution in [2.45, 2.75) is 6.92 Å². The normalized spacial score (nSPS) is 9.89. The molecule has 1 rings (SSSR count). The van der Waals surface area contributed by atoms with Crippen LogP contribution >= 0.6 is 0 Å². The van der Waals surface area contributed by atoms with Crippen LogP contribution in [0.2, 0.25) is 0 Å². The van der Waals surface area contributed by atoms with E-state index in [2.05, 4.69) is 4.63 Å². The minimum Gasteiger partial charge on any atom is -0.305 e. The van der Waals surface area contributed by atoms with Gasteiger partial charge in [-0.25, -0.2) is 0 Å². The maximum atomic E-state index is 10.4. The Morgan fingerprint density at radius 3 is 2.56 bits per heavy atom. The Bertz CT molecular complexity index is 276. The van der Waals surface area contributed by atoms with E-state index in [4.69, 9.17) is 11.3 Å². The van der Waals surface area contributed by atoms with Crippen LogP contribution in [0.15, 0.2) is 4.63 Å². The molecule has 6 heteroatoms. The molecule has 9 heavy (non-hydrogen) atoms. The zero-order valence-electron chi connectivity index (χ0n) is 4.79. The molecule has 0 saturated heterocycles. The van der Waals surface area contributed by atoms with Crippen LogP contribution in [-0.4, -0.2) is 15.5 Å². The highest BCUT2D eigenvalue weighted by Crippen LogP contribution is 1.77. The predicted octanol–water partition coefficient (Wildman–Crippen LogP) is -1.26. The van der Waals surface area contributed by atoms with Crippen molar-refractivity contribution in [3.05, 3.63) is 5.62 Å². The summed E-state index contributed by atoms with van der Waals surface area (Å²) in [6, 6.07) is 0. The summed E-state index contributed by atoms with van der Waals surface area (Å²) in [6.07, 6.45) is 0. The van der Waals surface area contributed by atoms with Gasteiger partial charge in [-0.3, -0.25) is 14.8 Å². The van der Waals surface area contributed by atoms with E-state index in [9.17, 15) is 4.79 Å². The van der Waals surface area contributed by atoms with Crippen LogP contribution in [-0.2, 0) is 0 Å². The van der Waals surface area contributed by atoms with Crippen molar-refractivity contribution in [1.82, 2.24) is 9.59 Å². The Labute approximate surface area is 49.9 Å². The summed E-state index contributed by atoms with van der Waals surface area (Å²) in [5, 5.41) is 6.90. The van der Waals surface area contributed by atoms with Crippen LogP contribution < -0.4 is 11.5 Å². The summed E-state index contributed by atoms with van der Waals surface area (Å²) >= 11 is 0. The number of hydrogen-bond acceptors (Lipinski definition) is 4. The number of nitrogen functional groups attached to an aromatic ring is 1. The van der Waals surface area contributed by atoms with E-state index in [1.165, 1.54) is 6.92 Å². The number of nitrogens with two attached hydrogens (primary N) is 1. The molecule has 0 saturated carbocycles. The van der Waals surface area contributed by atoms with Crippen molar-refractivity contribution in [1.29, 1.82) is 5.41 Å². The highest BCUT2D eigenvalue weighted by atomic mass is 16.7. The van der Waals surface area contributed by atoms with Gasteiger partial charge in [-0.1, -0.05) is 9.59 Å². The number of rotatable bonds is 0. The van der Waals surface area contributed by atoms with E-state index < -0.39 is 0 Å². The molecule has 3 N–H and O–H groups in total. The van der Waals surface area contributed by atoms with E-state index in [0.29, 0.717) is 4.85 Å². The van der Waals surface area contributed by atoms with Gasteiger partial charge in [0.2, 0.25) is 0 Å². The van der Waals surface area contributed by atoms with Crippen LogP contribution in [0.3, 0.4) is 0 Å². The molecule has 50 valence electrons. The van der Waals surface area contributed by atoms with Gasteiger partial charge in [-0.15, -0.1) is 0 Å². The van der Waals surface area contributed by atoms with Gasteiger partial charge in [0, 0.05) is 6.92 Å². The first kappa shape index (κ1) is 5.67. The minimum absolute atomic E-state index is 0.150. The van der Waals surface area contributed by atoms with Crippen molar-refractivity contribution in [2.75, 3.05) is 5.84 Å². The lowest BCUT2D eigenvalue weighted by Crippen LogP contribution is -2.44. The summed E-state index contributed by atoms with van der Waals surface area (Å²) in [6.45, 7) is 1.28. The molecule has 6 nitrogen and oxygen atoms in total. The summed E-state index contributed by atoms with van der Waals surface area (Å²) in [5.41, 5.74) is -0.150. The lowest BCUT2D eigenvalue weighted by molar-refractivity contribution is 0.0288. The third-order valence-corrected chi connectivity index (χ3v) is 0.857. The fourth-order valence-electron chi connectivity index (χ4n) is 0.429. The number of hydrogen-bond donors (Lipinski definition) is 2. The largest absolute Gasteiger partial charge is 0.305 e. The van der Waals surface area contributed by atoms with Gasteiger partial charge in [-0.2, -0.15) is 0 Å². The number of nitrogens with one attached hydrogen (secondary N) is 1. The molecule has 0 aromatic carbocycles. The molecular formula is C3H6N4O2. The van der Waals surface area contributed by atoms with E-state index in [1.54, 1.807) is 0 Å². The van der Waals surface area contributed by atoms with E-state index >= 15 is 0 Å². The van der Waals surface area contributed by atoms with Gasteiger partial charge >= 0.3 is 0 Å². The van der Waals surface area contributed by atoms with Crippen LogP contribution in [0.1, 0.15) is 11.7 Å². The molecule has 0 spiro atoms. The Balaban J connectivity index is 3.06. The summed E-state index contributed by atoms with van der Waals surface area (Å²) in [5.74, 6) is 4.58. The average Bonchev–Trinajstić information content (AvgIpc) is 1.81. The van der Waals surface area contributed by atoms with Crippen molar-refractivity contribution in [3.63, 3.8) is 0 Å². The number of nitrogens with zero attached hydrogens (tertiary/aromatic N) is 2. The minimum atomic E-state index is -0.360. The Morgan fingerprint density at radius 2 is 2.44 bits per heavy atom. The molecule has 0 aliphatic heterocycles. The molecule has 0 fully saturated rings. The van der Waals surface area contributed by atoms with E-state index in [1.807, 2.05) is 0 Å². The first-order valence-electron chi connectivity index (χ1n) is 2.25. The van der Waals surface area contributed by atoms with Crippen LogP contribution in [0.5, 0.6) is 0 Å². The molecule has 0 radical (unpaired) electrons. The van der Waals surface area contributed by atoms with Gasteiger partial charge in [-0.05, 0) is 0 Å². The van der Waals surface area contributed by atoms with Gasteiger partial charge in [0.1, 0.15) is 0 Å². The molecular weight excluding hydrogens is 124 g/mol. The lowest BCUT2D eigenvalue weighted by atomic mass is 10.7. The highest BCUT2D eigenvalue weighted by Gasteiger charge is 2.07. The molecule has 0 bridgehead atoms. The monoisotopic (exact) mass is 130 g/mol. The SMILES string of the molecule is CC(=O)n1on(N)c1=N. The van der Waals surface area contributed by atoms with Gasteiger partial charge in [0.05, 0.1) is 0 Å². The third kappa shape index (κ3) is 0.638. The fourth-order valence-corrected chi connectivity index (χ4v) is 0.429. The van der Waals surface area contributed by atoms with E-state index in [0.717, 1.165) is 4.74 Å². The van der Waals surface area contributed by atoms with Crippen molar-refractivity contribution in [3.8, 4) is 0 Å². The van der Waals surface area contributed by atoms with Crippen LogP contribution in [0, 0.1) is 5.41 Å². The Kier molecular flexibility index (Phi) is 0.950. The van der Waals surface area contributed by atoms with Gasteiger partial charge in [0.25, 0.3) is 11.5 Å². The lowest BCUT2D eigenvalue weighted by Gasteiger charge is -2.06. The predicted molar refractivity (Wildman–Crippen MR) is 27.0 cm³/mol. The second kappa shape index (κ2) is 1.51. The van der Waals surface area contributed by atoms with Crippen LogP contribution in [0.25, 0.3) is 0 Å². The standard InChI is InChI=1S/C3H6N4O2/c1-2(8)6-3(4)7(5)9-6/h4H,5H2,1H3. The van der Waals surface area contributed by atoms with E-state index in [-0.39, 0.29) is 11.5 Å². The van der Waals surface area contributed by atoms with Crippen molar-refractivity contribution < 1.29 is 9.42 Å². The smallest absolute Gasteiger partial charge is 0.296 e. The maximum Gasteiger partial charge on any atom is 0.296 e. The molecule has 0 aliphatic carbocycles. The third-order valence-electron chi connectivity index (χ3n) is 0.857. The van der Waals surface area contributed by atoms with Gasteiger partial charge in [0.15, 0.2) is 0 Å². The zero-order chi connectivity index (χ0) is 7.02. The molecule has 0 aliphatic rings. The number of carbonyl (C=O) groups excluding carboxylic acids is 1. The highest BCUT2D eigenvalue weighted by molar-refractivity contribution is 5.74. The van der Waals surface area contributed by atoms with Crippen molar-refractivity contribution in [2.24, 2.45) is 0 Å². The maximum absolute atomic E-state index is 10.4. The zero-order valence-corrected chi connectivity index (χ0v) is 4.79. The summed E-state index contributed by atoms with van der Waals surface area (Å²) in [4.78, 5) is 11.1. The molecule has 1 aromatic heterocycles. The summed E-state index contributed by atoms with van der Waals surface area (Å²) < 4.78 is 5.16. The Hall–Kier alpha value is -1.46.